The second kappa shape index (κ2) is 9.23. The predicted molar refractivity (Wildman–Crippen MR) is 103 cm³/mol. The maximum Gasteiger partial charge on any atom is 0.410 e. The van der Waals surface area contributed by atoms with Gasteiger partial charge in [-0.3, -0.25) is 0 Å². The van der Waals surface area contributed by atoms with Gasteiger partial charge in [0.15, 0.2) is 0 Å². The Kier molecular flexibility index (Phi) is 7.30. The number of nitrogens with zero attached hydrogens (tertiary/aromatic N) is 1. The van der Waals surface area contributed by atoms with Gasteiger partial charge in [0.25, 0.3) is 0 Å². The molecule has 2 atom stereocenters. The summed E-state index contributed by atoms with van der Waals surface area (Å²) in [5.74, 6) is 0.567. The Labute approximate surface area is 152 Å². The van der Waals surface area contributed by atoms with Gasteiger partial charge in [0.1, 0.15) is 5.60 Å². The number of piperidine rings is 1. The van der Waals surface area contributed by atoms with E-state index in [1.807, 2.05) is 25.7 Å². The minimum atomic E-state index is -0.418. The van der Waals surface area contributed by atoms with Gasteiger partial charge in [0, 0.05) is 19.1 Å². The highest BCUT2D eigenvalue weighted by molar-refractivity contribution is 5.68. The lowest BCUT2D eigenvalue weighted by Gasteiger charge is -2.34. The summed E-state index contributed by atoms with van der Waals surface area (Å²) in [6.07, 6.45) is 4.27. The topological polar surface area (TPSA) is 41.6 Å². The Balaban J connectivity index is 1.69. The van der Waals surface area contributed by atoms with E-state index in [1.165, 1.54) is 12.0 Å². The lowest BCUT2D eigenvalue weighted by molar-refractivity contribution is 0.0161. The van der Waals surface area contributed by atoms with Crippen molar-refractivity contribution in [2.75, 3.05) is 19.6 Å². The van der Waals surface area contributed by atoms with E-state index in [0.29, 0.717) is 12.0 Å². The molecule has 2 unspecified atom stereocenters. The molecule has 0 saturated carbocycles. The van der Waals surface area contributed by atoms with Gasteiger partial charge in [-0.25, -0.2) is 4.79 Å². The third-order valence-corrected chi connectivity index (χ3v) is 4.60. The Bertz CT molecular complexity index is 524. The van der Waals surface area contributed by atoms with Crippen LogP contribution in [0, 0.1) is 5.92 Å². The molecule has 1 heterocycles. The minimum absolute atomic E-state index is 0.164. The second-order valence-electron chi connectivity index (χ2n) is 8.27. The van der Waals surface area contributed by atoms with Crippen LogP contribution in [-0.2, 0) is 11.2 Å². The molecule has 1 saturated heterocycles. The largest absolute Gasteiger partial charge is 0.444 e. The average Bonchev–Trinajstić information content (AvgIpc) is 2.54. The van der Waals surface area contributed by atoms with Gasteiger partial charge in [-0.15, -0.1) is 0 Å². The number of amides is 1. The molecule has 1 aromatic carbocycles. The van der Waals surface area contributed by atoms with Crippen molar-refractivity contribution in [3.8, 4) is 0 Å². The Morgan fingerprint density at radius 1 is 1.32 bits per heavy atom. The van der Waals surface area contributed by atoms with E-state index < -0.39 is 5.60 Å². The number of nitrogens with one attached hydrogen (secondary N) is 1. The van der Waals surface area contributed by atoms with Crippen LogP contribution in [0.1, 0.15) is 52.5 Å². The summed E-state index contributed by atoms with van der Waals surface area (Å²) in [4.78, 5) is 14.1. The molecule has 1 aliphatic heterocycles. The van der Waals surface area contributed by atoms with Crippen molar-refractivity contribution >= 4 is 6.09 Å². The highest BCUT2D eigenvalue weighted by Gasteiger charge is 2.27. The van der Waals surface area contributed by atoms with Crippen LogP contribution < -0.4 is 5.32 Å². The first kappa shape index (κ1) is 19.8. The normalized spacial score (nSPS) is 19.5. The third-order valence-electron chi connectivity index (χ3n) is 4.60. The van der Waals surface area contributed by atoms with E-state index >= 15 is 0 Å². The van der Waals surface area contributed by atoms with Gasteiger partial charge < -0.3 is 15.0 Å². The highest BCUT2D eigenvalue weighted by Crippen LogP contribution is 2.21. The van der Waals surface area contributed by atoms with Crippen LogP contribution in [0.5, 0.6) is 0 Å². The smallest absolute Gasteiger partial charge is 0.410 e. The Morgan fingerprint density at radius 3 is 2.72 bits per heavy atom. The zero-order chi connectivity index (χ0) is 18.3. The lowest BCUT2D eigenvalue weighted by atomic mass is 9.95. The van der Waals surface area contributed by atoms with Crippen LogP contribution in [-0.4, -0.2) is 42.3 Å². The van der Waals surface area contributed by atoms with Gasteiger partial charge in [-0.2, -0.15) is 0 Å². The molecule has 1 aliphatic rings. The van der Waals surface area contributed by atoms with E-state index in [1.54, 1.807) is 0 Å². The van der Waals surface area contributed by atoms with Gasteiger partial charge in [-0.1, -0.05) is 30.3 Å². The van der Waals surface area contributed by atoms with Crippen molar-refractivity contribution in [1.82, 2.24) is 10.2 Å². The molecular weight excluding hydrogens is 312 g/mol. The number of carbonyl (C=O) groups excluding carboxylic acids is 1. The molecule has 0 aromatic heterocycles. The Hall–Kier alpha value is -1.55. The number of rotatable bonds is 6. The molecule has 0 radical (unpaired) electrons. The molecule has 1 amide bonds. The molecule has 140 valence electrons. The fraction of sp³-hybridized carbons (Fsp3) is 0.667. The maximum atomic E-state index is 12.2. The predicted octanol–water partition coefficient (Wildman–Crippen LogP) is 4.24. The van der Waals surface area contributed by atoms with Crippen molar-refractivity contribution in [3.05, 3.63) is 35.9 Å². The molecule has 1 N–H and O–H groups in total. The van der Waals surface area contributed by atoms with Gasteiger partial charge in [0.2, 0.25) is 0 Å². The molecular formula is C21H34N2O2. The van der Waals surface area contributed by atoms with Gasteiger partial charge in [-0.05, 0) is 71.4 Å². The van der Waals surface area contributed by atoms with Crippen molar-refractivity contribution in [2.45, 2.75) is 65.0 Å². The molecule has 0 spiro atoms. The van der Waals surface area contributed by atoms with E-state index in [4.69, 9.17) is 4.74 Å². The maximum absolute atomic E-state index is 12.2. The number of likely N-dealkylation sites (tertiary alicyclic amines) is 1. The molecule has 1 aromatic rings. The summed E-state index contributed by atoms with van der Waals surface area (Å²) in [6, 6.07) is 11.1. The number of ether oxygens (including phenoxy) is 1. The molecule has 25 heavy (non-hydrogen) atoms. The third kappa shape index (κ3) is 7.47. The number of hydrogen-bond acceptors (Lipinski definition) is 3. The quantitative estimate of drug-likeness (QED) is 0.837. The fourth-order valence-corrected chi connectivity index (χ4v) is 3.37. The summed E-state index contributed by atoms with van der Waals surface area (Å²) >= 11 is 0. The SMILES string of the molecule is CC(Cc1ccccc1)NCCC1CCCN(C(=O)OC(C)(C)C)C1. The number of carbonyl (C=O) groups is 1. The average molecular weight is 347 g/mol. The van der Waals surface area contributed by atoms with Crippen LogP contribution in [0.15, 0.2) is 30.3 Å². The highest BCUT2D eigenvalue weighted by atomic mass is 16.6. The summed E-state index contributed by atoms with van der Waals surface area (Å²) in [5, 5.41) is 3.63. The van der Waals surface area contributed by atoms with Crippen molar-refractivity contribution < 1.29 is 9.53 Å². The zero-order valence-corrected chi connectivity index (χ0v) is 16.3. The Morgan fingerprint density at radius 2 is 2.04 bits per heavy atom. The minimum Gasteiger partial charge on any atom is -0.444 e. The van der Waals surface area contributed by atoms with Gasteiger partial charge >= 0.3 is 6.09 Å². The zero-order valence-electron chi connectivity index (χ0n) is 16.3. The van der Waals surface area contributed by atoms with Crippen LogP contribution >= 0.6 is 0 Å². The van der Waals surface area contributed by atoms with Crippen LogP contribution in [0.2, 0.25) is 0 Å². The molecule has 1 fully saturated rings. The number of hydrogen-bond donors (Lipinski definition) is 1. The standard InChI is InChI=1S/C21H34N2O2/c1-17(15-18-9-6-5-7-10-18)22-13-12-19-11-8-14-23(16-19)20(24)25-21(2,3)4/h5-7,9-10,17,19,22H,8,11-16H2,1-4H3. The van der Waals surface area contributed by atoms with E-state index in [2.05, 4.69) is 42.6 Å². The molecule has 4 nitrogen and oxygen atoms in total. The summed E-state index contributed by atoms with van der Waals surface area (Å²) in [7, 11) is 0. The van der Waals surface area contributed by atoms with E-state index in [-0.39, 0.29) is 6.09 Å². The summed E-state index contributed by atoms with van der Waals surface area (Å²) in [5.41, 5.74) is 0.953. The van der Waals surface area contributed by atoms with Crippen molar-refractivity contribution in [1.29, 1.82) is 0 Å². The molecule has 2 rings (SSSR count). The fourth-order valence-electron chi connectivity index (χ4n) is 3.37. The summed E-state index contributed by atoms with van der Waals surface area (Å²) < 4.78 is 5.51. The number of benzene rings is 1. The lowest BCUT2D eigenvalue weighted by Crippen LogP contribution is -2.43. The van der Waals surface area contributed by atoms with Crippen LogP contribution in [0.3, 0.4) is 0 Å². The molecule has 0 aliphatic carbocycles. The monoisotopic (exact) mass is 346 g/mol. The van der Waals surface area contributed by atoms with Crippen LogP contribution in [0.25, 0.3) is 0 Å². The second-order valence-corrected chi connectivity index (χ2v) is 8.27. The summed E-state index contributed by atoms with van der Waals surface area (Å²) in [6.45, 7) is 10.6. The van der Waals surface area contributed by atoms with E-state index in [0.717, 1.165) is 38.9 Å². The van der Waals surface area contributed by atoms with Crippen molar-refractivity contribution in [2.24, 2.45) is 5.92 Å². The van der Waals surface area contributed by atoms with Gasteiger partial charge in [0.05, 0.1) is 0 Å². The first-order valence-corrected chi connectivity index (χ1v) is 9.59. The molecule has 4 heteroatoms. The van der Waals surface area contributed by atoms with E-state index in [9.17, 15) is 4.79 Å². The molecule has 0 bridgehead atoms. The van der Waals surface area contributed by atoms with Crippen molar-refractivity contribution in [3.63, 3.8) is 0 Å². The first-order valence-electron chi connectivity index (χ1n) is 9.59. The first-order chi connectivity index (χ1) is 11.8. The van der Waals surface area contributed by atoms with Crippen LogP contribution in [0.4, 0.5) is 4.79 Å².